The number of nitriles is 1. The van der Waals surface area contributed by atoms with E-state index >= 15 is 0 Å². The molecule has 0 spiro atoms. The highest BCUT2D eigenvalue weighted by atomic mass is 15.3. The van der Waals surface area contributed by atoms with Gasteiger partial charge in [0, 0.05) is 17.7 Å². The lowest BCUT2D eigenvalue weighted by molar-refractivity contribution is 0.833. The van der Waals surface area contributed by atoms with Crippen molar-refractivity contribution in [2.24, 2.45) is 5.84 Å². The second-order valence-electron chi connectivity index (χ2n) is 4.67. The van der Waals surface area contributed by atoms with E-state index in [-0.39, 0.29) is 0 Å². The summed E-state index contributed by atoms with van der Waals surface area (Å²) in [6.45, 7) is 3.96. The van der Waals surface area contributed by atoms with Crippen molar-refractivity contribution >= 4 is 17.3 Å². The molecule has 0 unspecified atom stereocenters. The van der Waals surface area contributed by atoms with Gasteiger partial charge >= 0.3 is 0 Å². The van der Waals surface area contributed by atoms with E-state index in [1.54, 1.807) is 12.1 Å². The van der Waals surface area contributed by atoms with Crippen LogP contribution >= 0.6 is 0 Å². The second-order valence-corrected chi connectivity index (χ2v) is 4.67. The van der Waals surface area contributed by atoms with Crippen molar-refractivity contribution in [2.45, 2.75) is 26.7 Å². The van der Waals surface area contributed by atoms with Gasteiger partial charge in [0.2, 0.25) is 0 Å². The molecule has 108 valence electrons. The Kier molecular flexibility index (Phi) is 4.69. The summed E-state index contributed by atoms with van der Waals surface area (Å²) in [4.78, 5) is 8.90. The number of aromatic nitrogens is 2. The number of benzene rings is 1. The summed E-state index contributed by atoms with van der Waals surface area (Å²) in [7, 11) is 0. The lowest BCUT2D eigenvalue weighted by atomic mass is 10.2. The molecule has 0 aliphatic rings. The number of nitrogen functional groups attached to an aromatic ring is 1. The summed E-state index contributed by atoms with van der Waals surface area (Å²) >= 11 is 0. The van der Waals surface area contributed by atoms with Gasteiger partial charge in [-0.15, -0.1) is 0 Å². The molecule has 6 heteroatoms. The third-order valence-electron chi connectivity index (χ3n) is 3.06. The Bertz CT molecular complexity index is 674. The maximum absolute atomic E-state index is 8.95. The molecule has 0 atom stereocenters. The molecule has 1 aromatic heterocycles. The third-order valence-corrected chi connectivity index (χ3v) is 3.06. The standard InChI is InChI=1S/C15H18N6/c1-3-5-13-19-14(10(2)15(20-13)21-17)18-12-7-4-6-11(8-12)9-16/h4,6-8H,3,5,17H2,1-2H3,(H2,18,19,20,21). The topological polar surface area (TPSA) is 99.6 Å². The molecule has 0 radical (unpaired) electrons. The van der Waals surface area contributed by atoms with Crippen molar-refractivity contribution in [2.75, 3.05) is 10.7 Å². The normalized spacial score (nSPS) is 10.0. The van der Waals surface area contributed by atoms with Crippen LogP contribution in [0.25, 0.3) is 0 Å². The van der Waals surface area contributed by atoms with Crippen molar-refractivity contribution < 1.29 is 0 Å². The summed E-state index contributed by atoms with van der Waals surface area (Å²) in [6, 6.07) is 9.36. The largest absolute Gasteiger partial charge is 0.340 e. The van der Waals surface area contributed by atoms with E-state index in [4.69, 9.17) is 11.1 Å². The molecule has 0 saturated carbocycles. The molecule has 0 fully saturated rings. The van der Waals surface area contributed by atoms with Gasteiger partial charge in [0.15, 0.2) is 0 Å². The average molecular weight is 282 g/mol. The van der Waals surface area contributed by atoms with Crippen molar-refractivity contribution in [3.8, 4) is 6.07 Å². The summed E-state index contributed by atoms with van der Waals surface area (Å²) in [5.41, 5.74) is 4.83. The highest BCUT2D eigenvalue weighted by molar-refractivity contribution is 5.65. The van der Waals surface area contributed by atoms with Crippen LogP contribution in [-0.2, 0) is 6.42 Å². The molecule has 0 aliphatic carbocycles. The molecule has 0 amide bonds. The fraction of sp³-hybridized carbons (Fsp3) is 0.267. The Balaban J connectivity index is 2.38. The van der Waals surface area contributed by atoms with Crippen LogP contribution in [0.2, 0.25) is 0 Å². The Morgan fingerprint density at radius 1 is 1.29 bits per heavy atom. The van der Waals surface area contributed by atoms with Gasteiger partial charge in [0.25, 0.3) is 0 Å². The summed E-state index contributed by atoms with van der Waals surface area (Å²) in [6.07, 6.45) is 1.73. The Labute approximate surface area is 124 Å². The van der Waals surface area contributed by atoms with E-state index in [1.165, 1.54) is 0 Å². The number of hydrogen-bond acceptors (Lipinski definition) is 6. The monoisotopic (exact) mass is 282 g/mol. The number of rotatable bonds is 5. The fourth-order valence-electron chi connectivity index (χ4n) is 1.96. The molecule has 21 heavy (non-hydrogen) atoms. The Morgan fingerprint density at radius 3 is 2.71 bits per heavy atom. The van der Waals surface area contributed by atoms with E-state index < -0.39 is 0 Å². The van der Waals surface area contributed by atoms with E-state index in [1.807, 2.05) is 19.1 Å². The minimum absolute atomic E-state index is 0.595. The van der Waals surface area contributed by atoms with Crippen LogP contribution in [0.4, 0.5) is 17.3 Å². The minimum Gasteiger partial charge on any atom is -0.340 e. The number of nitrogens with two attached hydrogens (primary N) is 1. The number of nitrogens with zero attached hydrogens (tertiary/aromatic N) is 3. The van der Waals surface area contributed by atoms with E-state index in [0.717, 1.165) is 29.9 Å². The van der Waals surface area contributed by atoms with Gasteiger partial charge in [-0.1, -0.05) is 13.0 Å². The van der Waals surface area contributed by atoms with Gasteiger partial charge in [-0.05, 0) is 31.5 Å². The zero-order chi connectivity index (χ0) is 15.2. The van der Waals surface area contributed by atoms with Crippen LogP contribution in [0, 0.1) is 18.3 Å². The number of hydrogen-bond donors (Lipinski definition) is 3. The molecule has 1 heterocycles. The van der Waals surface area contributed by atoms with Crippen LogP contribution < -0.4 is 16.6 Å². The number of hydrazine groups is 1. The quantitative estimate of drug-likeness (QED) is 0.576. The summed E-state index contributed by atoms with van der Waals surface area (Å²) in [5, 5.41) is 12.2. The molecule has 4 N–H and O–H groups in total. The molecule has 2 aromatic rings. The molecule has 6 nitrogen and oxygen atoms in total. The van der Waals surface area contributed by atoms with Crippen LogP contribution in [-0.4, -0.2) is 9.97 Å². The smallest absolute Gasteiger partial charge is 0.148 e. The van der Waals surface area contributed by atoms with Gasteiger partial charge in [-0.2, -0.15) is 5.26 Å². The first-order valence-electron chi connectivity index (χ1n) is 6.79. The zero-order valence-electron chi connectivity index (χ0n) is 12.1. The van der Waals surface area contributed by atoms with Crippen LogP contribution in [0.5, 0.6) is 0 Å². The first kappa shape index (κ1) is 14.8. The molecule has 1 aromatic carbocycles. The molecule has 0 aliphatic heterocycles. The molecule has 0 bridgehead atoms. The maximum Gasteiger partial charge on any atom is 0.148 e. The molecule has 2 rings (SSSR count). The predicted octanol–water partition coefficient (Wildman–Crippen LogP) is 2.64. The summed E-state index contributed by atoms with van der Waals surface area (Å²) in [5.74, 6) is 7.54. The third kappa shape index (κ3) is 3.46. The van der Waals surface area contributed by atoms with E-state index in [2.05, 4.69) is 33.7 Å². The summed E-state index contributed by atoms with van der Waals surface area (Å²) < 4.78 is 0. The highest BCUT2D eigenvalue weighted by Crippen LogP contribution is 2.23. The first-order valence-corrected chi connectivity index (χ1v) is 6.79. The van der Waals surface area contributed by atoms with Crippen molar-refractivity contribution in [3.05, 3.63) is 41.2 Å². The van der Waals surface area contributed by atoms with Gasteiger partial charge in [-0.25, -0.2) is 15.8 Å². The Morgan fingerprint density at radius 2 is 2.05 bits per heavy atom. The van der Waals surface area contributed by atoms with Gasteiger partial charge in [0.1, 0.15) is 17.5 Å². The molecule has 0 saturated heterocycles. The SMILES string of the molecule is CCCc1nc(NN)c(C)c(Nc2cccc(C#N)c2)n1. The van der Waals surface area contributed by atoms with E-state index in [9.17, 15) is 0 Å². The predicted molar refractivity (Wildman–Crippen MR) is 83.0 cm³/mol. The molecular weight excluding hydrogens is 264 g/mol. The van der Waals surface area contributed by atoms with Gasteiger partial charge in [0.05, 0.1) is 11.6 Å². The van der Waals surface area contributed by atoms with Crippen molar-refractivity contribution in [3.63, 3.8) is 0 Å². The lowest BCUT2D eigenvalue weighted by Crippen LogP contribution is -2.14. The maximum atomic E-state index is 8.95. The van der Waals surface area contributed by atoms with Crippen LogP contribution in [0.15, 0.2) is 24.3 Å². The minimum atomic E-state index is 0.595. The van der Waals surface area contributed by atoms with Crippen LogP contribution in [0.3, 0.4) is 0 Å². The first-order chi connectivity index (χ1) is 10.2. The van der Waals surface area contributed by atoms with Crippen molar-refractivity contribution in [1.29, 1.82) is 5.26 Å². The number of nitrogens with one attached hydrogen (secondary N) is 2. The highest BCUT2D eigenvalue weighted by Gasteiger charge is 2.10. The van der Waals surface area contributed by atoms with Gasteiger partial charge < -0.3 is 10.7 Å². The Hall–Kier alpha value is -2.65. The number of aryl methyl sites for hydroxylation is 1. The van der Waals surface area contributed by atoms with Gasteiger partial charge in [-0.3, -0.25) is 0 Å². The number of anilines is 3. The fourth-order valence-corrected chi connectivity index (χ4v) is 1.96. The van der Waals surface area contributed by atoms with Crippen molar-refractivity contribution in [1.82, 2.24) is 9.97 Å². The average Bonchev–Trinajstić information content (AvgIpc) is 2.50. The lowest BCUT2D eigenvalue weighted by Gasteiger charge is -2.13. The van der Waals surface area contributed by atoms with E-state index in [0.29, 0.717) is 17.2 Å². The zero-order valence-corrected chi connectivity index (χ0v) is 12.1. The van der Waals surface area contributed by atoms with Crippen LogP contribution in [0.1, 0.15) is 30.3 Å². The molecular formula is C15H18N6. The second kappa shape index (κ2) is 6.68.